The number of unbranched alkanes of at least 4 members (excludes halogenated alkanes) is 14. The first-order chi connectivity index (χ1) is 13.8. The Balaban J connectivity index is 0. The lowest BCUT2D eigenvalue weighted by molar-refractivity contribution is -0.929. The lowest BCUT2D eigenvalue weighted by Gasteiger charge is -2.31. The summed E-state index contributed by atoms with van der Waals surface area (Å²) in [5.41, 5.74) is 0. The minimum Gasteiger partial charge on any atom is -0.550 e. The smallest absolute Gasteiger partial charge is 0.187 e. The van der Waals surface area contributed by atoms with Crippen molar-refractivity contribution in [1.82, 2.24) is 0 Å². The van der Waals surface area contributed by atoms with Crippen molar-refractivity contribution in [3.05, 3.63) is 12.7 Å². The van der Waals surface area contributed by atoms with E-state index in [1.807, 2.05) is 20.2 Å². The fraction of sp³-hybridized carbons (Fsp3) is 0.880. The highest BCUT2D eigenvalue weighted by molar-refractivity contribution is 5.63. The van der Waals surface area contributed by atoms with Gasteiger partial charge in [0, 0.05) is 12.9 Å². The standard InChI is InChI=1S/C18H36O2.C7H16NO/c1-2-3-4-5-6-7-8-9-10-11-12-13-14-15-16-17-18(19)20;1-5-6-8(3,4)7(2)9/h2-17H2,1H3,(H,19,20);5,7,9H,1,6H2,2-4H3/q;+1/p-1. The minimum absolute atomic E-state index is 0.234. The maximum Gasteiger partial charge on any atom is 0.187 e. The summed E-state index contributed by atoms with van der Waals surface area (Å²) in [5.74, 6) is -0.903. The Morgan fingerprint density at radius 2 is 1.21 bits per heavy atom. The summed E-state index contributed by atoms with van der Waals surface area (Å²) in [6.45, 7) is 8.45. The first-order valence-corrected chi connectivity index (χ1v) is 12.1. The molecule has 0 fully saturated rings. The van der Waals surface area contributed by atoms with Crippen molar-refractivity contribution in [1.29, 1.82) is 0 Å². The molecule has 0 aliphatic rings. The molecule has 0 amide bonds. The van der Waals surface area contributed by atoms with Crippen LogP contribution in [0.1, 0.15) is 117 Å². The van der Waals surface area contributed by atoms with Gasteiger partial charge in [0.25, 0.3) is 0 Å². The van der Waals surface area contributed by atoms with Gasteiger partial charge in [-0.3, -0.25) is 0 Å². The Labute approximate surface area is 182 Å². The van der Waals surface area contributed by atoms with E-state index in [-0.39, 0.29) is 12.6 Å². The number of aliphatic hydroxyl groups is 1. The third-order valence-corrected chi connectivity index (χ3v) is 5.60. The van der Waals surface area contributed by atoms with Crippen LogP contribution in [0.4, 0.5) is 0 Å². The third kappa shape index (κ3) is 25.1. The number of hydrogen-bond acceptors (Lipinski definition) is 3. The van der Waals surface area contributed by atoms with E-state index in [0.717, 1.165) is 19.4 Å². The van der Waals surface area contributed by atoms with Crippen LogP contribution in [-0.2, 0) is 4.79 Å². The van der Waals surface area contributed by atoms with Gasteiger partial charge in [-0.25, -0.2) is 0 Å². The fourth-order valence-corrected chi connectivity index (χ4v) is 3.13. The Bertz CT molecular complexity index is 367. The molecule has 0 saturated carbocycles. The molecule has 0 aromatic rings. The number of carboxylic acids is 1. The molecule has 1 unspecified atom stereocenters. The maximum absolute atomic E-state index is 10.2. The highest BCUT2D eigenvalue weighted by Gasteiger charge is 2.18. The summed E-state index contributed by atoms with van der Waals surface area (Å²) in [4.78, 5) is 10.2. The summed E-state index contributed by atoms with van der Waals surface area (Å²) in [7, 11) is 3.93. The molecule has 0 aliphatic heterocycles. The molecule has 174 valence electrons. The molecule has 4 heteroatoms. The highest BCUT2D eigenvalue weighted by Crippen LogP contribution is 2.13. The van der Waals surface area contributed by atoms with E-state index in [9.17, 15) is 9.90 Å². The topological polar surface area (TPSA) is 60.4 Å². The second kappa shape index (κ2) is 21.8. The van der Waals surface area contributed by atoms with Gasteiger partial charge in [0.2, 0.25) is 0 Å². The first kappa shape index (κ1) is 30.3. The zero-order valence-electron chi connectivity index (χ0n) is 20.1. The number of rotatable bonds is 19. The molecule has 0 aromatic carbocycles. The van der Waals surface area contributed by atoms with E-state index in [0.29, 0.717) is 4.48 Å². The number of hydrogen-bond donors (Lipinski definition) is 1. The third-order valence-electron chi connectivity index (χ3n) is 5.60. The zero-order chi connectivity index (χ0) is 22.4. The van der Waals surface area contributed by atoms with Gasteiger partial charge in [-0.1, -0.05) is 103 Å². The van der Waals surface area contributed by atoms with E-state index < -0.39 is 5.97 Å². The van der Waals surface area contributed by atoms with Crippen molar-refractivity contribution < 1.29 is 19.5 Å². The van der Waals surface area contributed by atoms with Gasteiger partial charge in [0.1, 0.15) is 0 Å². The van der Waals surface area contributed by atoms with E-state index in [1.54, 1.807) is 6.92 Å². The summed E-state index contributed by atoms with van der Waals surface area (Å²) >= 11 is 0. The number of aliphatic hydroxyl groups excluding tert-OH is 1. The number of nitrogens with zero attached hydrogens (tertiary/aromatic N) is 1. The molecule has 0 spiro atoms. The van der Waals surface area contributed by atoms with E-state index >= 15 is 0 Å². The number of likely N-dealkylation sites (N-methyl/N-ethyl adjacent to an activating group) is 1. The van der Waals surface area contributed by atoms with Gasteiger partial charge in [0.15, 0.2) is 6.23 Å². The van der Waals surface area contributed by atoms with Crippen molar-refractivity contribution in [3.63, 3.8) is 0 Å². The van der Waals surface area contributed by atoms with Crippen LogP contribution >= 0.6 is 0 Å². The zero-order valence-corrected chi connectivity index (χ0v) is 20.1. The van der Waals surface area contributed by atoms with Crippen LogP contribution in [0, 0.1) is 0 Å². The molecule has 29 heavy (non-hydrogen) atoms. The number of quaternary nitrogens is 1. The predicted octanol–water partition coefficient (Wildman–Crippen LogP) is 5.58. The lowest BCUT2D eigenvalue weighted by atomic mass is 10.0. The summed E-state index contributed by atoms with van der Waals surface area (Å²) < 4.78 is 0.587. The van der Waals surface area contributed by atoms with Gasteiger partial charge in [-0.15, -0.1) is 0 Å². The van der Waals surface area contributed by atoms with Crippen molar-refractivity contribution in [3.8, 4) is 0 Å². The molecule has 0 rings (SSSR count). The number of carbonyl (C=O) groups is 1. The molecule has 0 bridgehead atoms. The van der Waals surface area contributed by atoms with Gasteiger partial charge in [0.05, 0.1) is 20.6 Å². The SMILES string of the molecule is C=CC[N+](C)(C)C(C)O.CCCCCCCCCCCCCCCCCC(=O)[O-]. The molecule has 4 nitrogen and oxygen atoms in total. The Kier molecular flexibility index (Phi) is 22.8. The van der Waals surface area contributed by atoms with Crippen LogP contribution in [0.25, 0.3) is 0 Å². The van der Waals surface area contributed by atoms with Crippen molar-refractivity contribution >= 4 is 5.97 Å². The summed E-state index contributed by atoms with van der Waals surface area (Å²) in [5, 5.41) is 19.4. The maximum atomic E-state index is 10.2. The molecule has 1 N–H and O–H groups in total. The first-order valence-electron chi connectivity index (χ1n) is 12.1. The monoisotopic (exact) mass is 413 g/mol. The van der Waals surface area contributed by atoms with Gasteiger partial charge in [-0.2, -0.15) is 0 Å². The Morgan fingerprint density at radius 3 is 1.45 bits per heavy atom. The molecule has 0 aliphatic carbocycles. The van der Waals surface area contributed by atoms with Crippen molar-refractivity contribution in [2.24, 2.45) is 0 Å². The quantitative estimate of drug-likeness (QED) is 0.130. The predicted molar refractivity (Wildman–Crippen MR) is 123 cm³/mol. The summed E-state index contributed by atoms with van der Waals surface area (Å²) in [6.07, 6.45) is 21.4. The minimum atomic E-state index is -0.903. The Hall–Kier alpha value is -0.870. The molecular weight excluding hydrogens is 362 g/mol. The van der Waals surface area contributed by atoms with E-state index in [4.69, 9.17) is 5.11 Å². The Morgan fingerprint density at radius 1 is 0.862 bits per heavy atom. The van der Waals surface area contributed by atoms with Crippen LogP contribution < -0.4 is 5.11 Å². The second-order valence-electron chi connectivity index (χ2n) is 8.95. The molecule has 0 radical (unpaired) electrons. The lowest BCUT2D eigenvalue weighted by Crippen LogP contribution is -2.47. The number of aliphatic carboxylic acids is 1. The van der Waals surface area contributed by atoms with Crippen molar-refractivity contribution in [2.45, 2.75) is 123 Å². The molecule has 0 heterocycles. The normalized spacial score (nSPS) is 12.2. The van der Waals surface area contributed by atoms with E-state index in [2.05, 4.69) is 13.5 Å². The number of carboxylic acid groups (broad SMARTS) is 1. The van der Waals surface area contributed by atoms with Gasteiger partial charge in [-0.05, 0) is 18.9 Å². The van der Waals surface area contributed by atoms with Crippen LogP contribution in [0.2, 0.25) is 0 Å². The van der Waals surface area contributed by atoms with Gasteiger partial charge < -0.3 is 19.5 Å². The van der Waals surface area contributed by atoms with Crippen molar-refractivity contribution in [2.75, 3.05) is 20.6 Å². The summed E-state index contributed by atoms with van der Waals surface area (Å²) in [6, 6.07) is 0. The van der Waals surface area contributed by atoms with Crippen LogP contribution in [0.5, 0.6) is 0 Å². The van der Waals surface area contributed by atoms with Crippen LogP contribution in [-0.4, -0.2) is 42.4 Å². The molecule has 0 aromatic heterocycles. The van der Waals surface area contributed by atoms with Crippen LogP contribution in [0.15, 0.2) is 12.7 Å². The molecular formula is C25H51NO3. The largest absolute Gasteiger partial charge is 0.550 e. The van der Waals surface area contributed by atoms with Gasteiger partial charge >= 0.3 is 0 Å². The highest BCUT2D eigenvalue weighted by atomic mass is 16.4. The van der Waals surface area contributed by atoms with Crippen LogP contribution in [0.3, 0.4) is 0 Å². The average Bonchev–Trinajstić information content (AvgIpc) is 2.65. The molecule has 1 atom stereocenters. The fourth-order valence-electron chi connectivity index (χ4n) is 3.13. The molecule has 0 saturated heterocycles. The van der Waals surface area contributed by atoms with E-state index in [1.165, 1.54) is 83.5 Å². The average molecular weight is 414 g/mol. The number of carbonyl (C=O) groups excluding carboxylic acids is 1. The second-order valence-corrected chi connectivity index (χ2v) is 8.95.